The van der Waals surface area contributed by atoms with Gasteiger partial charge in [0.05, 0.1) is 12.2 Å². The third-order valence-electron chi connectivity index (χ3n) is 3.70. The predicted molar refractivity (Wildman–Crippen MR) is 99.7 cm³/mol. The van der Waals surface area contributed by atoms with E-state index in [4.69, 9.17) is 0 Å². The number of nitrogens with zero attached hydrogens (tertiary/aromatic N) is 2. The lowest BCUT2D eigenvalue weighted by molar-refractivity contribution is -0.115. The van der Waals surface area contributed by atoms with E-state index in [9.17, 15) is 22.8 Å². The second-order valence-electron chi connectivity index (χ2n) is 5.73. The van der Waals surface area contributed by atoms with Crippen LogP contribution in [0.3, 0.4) is 0 Å². The molecule has 3 N–H and O–H groups in total. The van der Waals surface area contributed by atoms with E-state index in [1.54, 1.807) is 24.3 Å². The summed E-state index contributed by atoms with van der Waals surface area (Å²) in [7, 11) is 0. The number of nitrogens with one attached hydrogen (secondary N) is 3. The topological polar surface area (TPSA) is 99.8 Å². The zero-order chi connectivity index (χ0) is 20.8. The van der Waals surface area contributed by atoms with E-state index in [2.05, 4.69) is 25.8 Å². The van der Waals surface area contributed by atoms with Crippen LogP contribution in [0.25, 0.3) is 0 Å². The van der Waals surface area contributed by atoms with Gasteiger partial charge in [0.1, 0.15) is 6.33 Å². The molecule has 11 heteroatoms. The Kier molecular flexibility index (Phi) is 6.50. The van der Waals surface area contributed by atoms with Crippen LogP contribution in [-0.2, 0) is 10.5 Å². The smallest absolute Gasteiger partial charge is 0.251 e. The maximum Gasteiger partial charge on any atom is 0.251 e. The van der Waals surface area contributed by atoms with Gasteiger partial charge in [-0.15, -0.1) is 0 Å². The van der Waals surface area contributed by atoms with E-state index in [1.165, 1.54) is 18.1 Å². The molecule has 3 aromatic rings. The average molecular weight is 421 g/mol. The van der Waals surface area contributed by atoms with E-state index in [1.807, 2.05) is 0 Å². The molecule has 2 aromatic carbocycles. The van der Waals surface area contributed by atoms with Gasteiger partial charge < -0.3 is 10.6 Å². The first-order chi connectivity index (χ1) is 13.9. The number of hydrogen-bond donors (Lipinski definition) is 3. The lowest BCUT2D eigenvalue weighted by atomic mass is 10.1. The van der Waals surface area contributed by atoms with Crippen LogP contribution in [-0.4, -0.2) is 33.5 Å². The molecule has 29 heavy (non-hydrogen) atoms. The van der Waals surface area contributed by atoms with Crippen LogP contribution in [0.1, 0.15) is 15.9 Å². The zero-order valence-electron chi connectivity index (χ0n) is 14.7. The highest BCUT2D eigenvalue weighted by molar-refractivity contribution is 7.98. The van der Waals surface area contributed by atoms with Gasteiger partial charge in [-0.3, -0.25) is 14.7 Å². The zero-order valence-corrected chi connectivity index (χ0v) is 15.5. The summed E-state index contributed by atoms with van der Waals surface area (Å²) in [6.45, 7) is -0.472. The van der Waals surface area contributed by atoms with E-state index >= 15 is 0 Å². The Hall–Kier alpha value is -3.34. The lowest BCUT2D eigenvalue weighted by Crippen LogP contribution is -2.33. The van der Waals surface area contributed by atoms with Crippen molar-refractivity contribution in [2.24, 2.45) is 0 Å². The molecule has 0 bridgehead atoms. The molecule has 0 radical (unpaired) electrons. The van der Waals surface area contributed by atoms with Gasteiger partial charge in [0.2, 0.25) is 5.91 Å². The van der Waals surface area contributed by atoms with Crippen molar-refractivity contribution in [3.05, 3.63) is 71.3 Å². The third kappa shape index (κ3) is 5.35. The second kappa shape index (κ2) is 9.24. The number of carbonyl (C=O) groups is 2. The number of anilines is 1. The largest absolute Gasteiger partial charge is 0.343 e. The van der Waals surface area contributed by atoms with Crippen molar-refractivity contribution >= 4 is 29.3 Å². The number of carbonyl (C=O) groups excluding carboxylic acids is 2. The number of hydrogen-bond acceptors (Lipinski definition) is 5. The summed E-state index contributed by atoms with van der Waals surface area (Å²) in [4.78, 5) is 27.9. The normalized spacial score (nSPS) is 10.6. The number of aromatic amines is 1. The van der Waals surface area contributed by atoms with Crippen LogP contribution < -0.4 is 10.6 Å². The Morgan fingerprint density at radius 3 is 2.48 bits per heavy atom. The summed E-state index contributed by atoms with van der Waals surface area (Å²) in [5.74, 6) is -5.24. The summed E-state index contributed by atoms with van der Waals surface area (Å²) in [6.07, 6.45) is 1.41. The summed E-state index contributed by atoms with van der Waals surface area (Å²) >= 11 is 1.45. The third-order valence-corrected chi connectivity index (χ3v) is 4.65. The van der Waals surface area contributed by atoms with Crippen LogP contribution in [0.5, 0.6) is 0 Å². The Labute approximate surface area is 167 Å². The number of benzene rings is 2. The lowest BCUT2D eigenvalue weighted by Gasteiger charge is -2.09. The molecular weight excluding hydrogens is 407 g/mol. The van der Waals surface area contributed by atoms with Gasteiger partial charge in [0.15, 0.2) is 22.6 Å². The molecule has 0 unspecified atom stereocenters. The number of thioether (sulfide) groups is 1. The highest BCUT2D eigenvalue weighted by Crippen LogP contribution is 2.20. The number of rotatable bonds is 7. The fourth-order valence-corrected chi connectivity index (χ4v) is 2.98. The first kappa shape index (κ1) is 20.4. The highest BCUT2D eigenvalue weighted by Gasteiger charge is 2.16. The Bertz CT molecular complexity index is 1010. The summed E-state index contributed by atoms with van der Waals surface area (Å²) in [5.41, 5.74) is 0.761. The maximum atomic E-state index is 13.5. The monoisotopic (exact) mass is 421 g/mol. The predicted octanol–water partition coefficient (Wildman–Crippen LogP) is 2.88. The van der Waals surface area contributed by atoms with Crippen molar-refractivity contribution in [2.45, 2.75) is 10.9 Å². The SMILES string of the molecule is O=C(CNC(=O)c1ccc(CSc2ncn[nH]2)cc1)Nc1ccc(F)c(F)c1F. The molecule has 0 aliphatic carbocycles. The minimum atomic E-state index is -1.69. The van der Waals surface area contributed by atoms with E-state index in [0.717, 1.165) is 11.6 Å². The number of aromatic nitrogens is 3. The number of halogens is 3. The van der Waals surface area contributed by atoms with E-state index in [-0.39, 0.29) is 0 Å². The van der Waals surface area contributed by atoms with Gasteiger partial charge in [-0.1, -0.05) is 23.9 Å². The van der Waals surface area contributed by atoms with Gasteiger partial charge in [-0.25, -0.2) is 18.2 Å². The standard InChI is InChI=1S/C18H14F3N5O2S/c19-12-5-6-13(16(21)15(12)20)25-14(27)7-22-17(28)11-3-1-10(2-4-11)8-29-18-23-9-24-26-18/h1-6,9H,7-8H2,(H,22,28)(H,25,27)(H,23,24,26). The fourth-order valence-electron chi connectivity index (χ4n) is 2.25. The van der Waals surface area contributed by atoms with Crippen molar-refractivity contribution in [2.75, 3.05) is 11.9 Å². The summed E-state index contributed by atoms with van der Waals surface area (Å²) < 4.78 is 39.6. The van der Waals surface area contributed by atoms with E-state index < -0.39 is 41.5 Å². The molecule has 2 amide bonds. The fraction of sp³-hybridized carbons (Fsp3) is 0.111. The van der Waals surface area contributed by atoms with Gasteiger partial charge in [0, 0.05) is 11.3 Å². The molecule has 0 fully saturated rings. The first-order valence-electron chi connectivity index (χ1n) is 8.22. The number of H-pyrrole nitrogens is 1. The van der Waals surface area contributed by atoms with Crippen molar-refractivity contribution in [3.63, 3.8) is 0 Å². The van der Waals surface area contributed by atoms with E-state index in [0.29, 0.717) is 22.5 Å². The molecule has 0 aliphatic heterocycles. The van der Waals surface area contributed by atoms with Crippen LogP contribution >= 0.6 is 11.8 Å². The first-order valence-corrected chi connectivity index (χ1v) is 9.21. The molecule has 0 atom stereocenters. The second-order valence-corrected chi connectivity index (χ2v) is 6.69. The molecule has 1 aromatic heterocycles. The summed E-state index contributed by atoms with van der Waals surface area (Å²) in [5, 5.41) is 11.6. The van der Waals surface area contributed by atoms with Crippen LogP contribution in [0, 0.1) is 17.5 Å². The Morgan fingerprint density at radius 2 is 1.79 bits per heavy atom. The van der Waals surface area contributed by atoms with Gasteiger partial charge in [-0.05, 0) is 29.8 Å². The van der Waals surface area contributed by atoms with Gasteiger partial charge in [-0.2, -0.15) is 5.10 Å². The molecule has 150 valence electrons. The van der Waals surface area contributed by atoms with Crippen molar-refractivity contribution in [1.29, 1.82) is 0 Å². The van der Waals surface area contributed by atoms with Crippen LogP contribution in [0.15, 0.2) is 47.9 Å². The molecule has 0 aliphatic rings. The molecule has 0 saturated heterocycles. The minimum Gasteiger partial charge on any atom is -0.343 e. The van der Waals surface area contributed by atoms with Crippen LogP contribution in [0.2, 0.25) is 0 Å². The van der Waals surface area contributed by atoms with Crippen molar-refractivity contribution in [1.82, 2.24) is 20.5 Å². The van der Waals surface area contributed by atoms with Crippen molar-refractivity contribution < 1.29 is 22.8 Å². The number of amides is 2. The molecule has 0 spiro atoms. The van der Waals surface area contributed by atoms with Gasteiger partial charge >= 0.3 is 0 Å². The molecular formula is C18H14F3N5O2S. The average Bonchev–Trinajstić information content (AvgIpc) is 3.25. The molecule has 1 heterocycles. The van der Waals surface area contributed by atoms with Crippen LogP contribution in [0.4, 0.5) is 18.9 Å². The Morgan fingerprint density at radius 1 is 1.03 bits per heavy atom. The quantitative estimate of drug-likeness (QED) is 0.402. The Balaban J connectivity index is 1.49. The molecule has 7 nitrogen and oxygen atoms in total. The molecule has 3 rings (SSSR count). The summed E-state index contributed by atoms with van der Waals surface area (Å²) in [6, 6.07) is 8.29. The van der Waals surface area contributed by atoms with Crippen molar-refractivity contribution in [3.8, 4) is 0 Å². The minimum absolute atomic E-state index is 0.324. The highest BCUT2D eigenvalue weighted by atomic mass is 32.2. The molecule has 0 saturated carbocycles. The maximum absolute atomic E-state index is 13.5. The van der Waals surface area contributed by atoms with Gasteiger partial charge in [0.25, 0.3) is 5.91 Å².